The molecule has 4 heteroatoms. The molecule has 0 N–H and O–H groups in total. The number of nitrogens with zero attached hydrogens (tertiary/aromatic N) is 2. The molecule has 0 saturated heterocycles. The van der Waals surface area contributed by atoms with Gasteiger partial charge in [-0.1, -0.05) is 42.5 Å². The Hall–Kier alpha value is -2.75. The third-order valence-corrected chi connectivity index (χ3v) is 4.76. The summed E-state index contributed by atoms with van der Waals surface area (Å²) >= 11 is 0. The summed E-state index contributed by atoms with van der Waals surface area (Å²) in [5.74, 6) is 0.243. The molecule has 1 unspecified atom stereocenters. The van der Waals surface area contributed by atoms with Crippen LogP contribution in [-0.4, -0.2) is 24.8 Å². The van der Waals surface area contributed by atoms with Crippen molar-refractivity contribution in [2.75, 3.05) is 14.1 Å². The fourth-order valence-electron chi connectivity index (χ4n) is 3.48. The van der Waals surface area contributed by atoms with Gasteiger partial charge in [0.1, 0.15) is 23.5 Å². The van der Waals surface area contributed by atoms with Crippen molar-refractivity contribution in [3.05, 3.63) is 82.9 Å². The maximum Gasteiger partial charge on any atom is 0.131 e. The van der Waals surface area contributed by atoms with E-state index >= 15 is 0 Å². The molecule has 0 saturated carbocycles. The topological polar surface area (TPSA) is 15.6 Å². The van der Waals surface area contributed by atoms with Crippen molar-refractivity contribution >= 4 is 16.6 Å². The maximum atomic E-state index is 14.7. The van der Waals surface area contributed by atoms with Gasteiger partial charge in [0.2, 0.25) is 0 Å². The van der Waals surface area contributed by atoms with Crippen LogP contribution in [0, 0.1) is 11.6 Å². The lowest BCUT2D eigenvalue weighted by molar-refractivity contribution is 0.572. The second kappa shape index (κ2) is 5.96. The van der Waals surface area contributed by atoms with Gasteiger partial charge in [0, 0.05) is 31.5 Å². The maximum absolute atomic E-state index is 14.7. The highest BCUT2D eigenvalue weighted by Crippen LogP contribution is 2.38. The normalized spacial score (nSPS) is 16.5. The summed E-state index contributed by atoms with van der Waals surface area (Å²) in [6.45, 7) is 0. The van der Waals surface area contributed by atoms with Crippen LogP contribution in [0.25, 0.3) is 10.8 Å². The Labute approximate surface area is 145 Å². The Morgan fingerprint density at radius 1 is 0.880 bits per heavy atom. The van der Waals surface area contributed by atoms with Crippen LogP contribution in [0.2, 0.25) is 0 Å². The smallest absolute Gasteiger partial charge is 0.131 e. The molecule has 0 bridgehead atoms. The molecule has 25 heavy (non-hydrogen) atoms. The minimum atomic E-state index is -0.540. The van der Waals surface area contributed by atoms with Gasteiger partial charge in [-0.3, -0.25) is 4.99 Å². The lowest BCUT2D eigenvalue weighted by Gasteiger charge is -2.29. The van der Waals surface area contributed by atoms with Crippen LogP contribution in [0.15, 0.2) is 59.6 Å². The number of likely N-dealkylation sites (N-methyl/N-ethyl adjacent to an activating group) is 1. The molecule has 1 atom stereocenters. The van der Waals surface area contributed by atoms with Crippen molar-refractivity contribution in [1.29, 1.82) is 0 Å². The summed E-state index contributed by atoms with van der Waals surface area (Å²) in [7, 11) is 3.85. The molecular formula is C21H18F2N2. The number of hydrogen-bond donors (Lipinski definition) is 0. The van der Waals surface area contributed by atoms with Crippen LogP contribution in [0.5, 0.6) is 0 Å². The first-order valence-electron chi connectivity index (χ1n) is 8.24. The minimum Gasteiger partial charge on any atom is -0.366 e. The van der Waals surface area contributed by atoms with E-state index in [0.717, 1.165) is 22.3 Å². The number of hydrogen-bond acceptors (Lipinski definition) is 2. The average Bonchev–Trinajstić information content (AvgIpc) is 2.62. The van der Waals surface area contributed by atoms with Crippen molar-refractivity contribution in [2.24, 2.45) is 4.99 Å². The first kappa shape index (κ1) is 15.8. The van der Waals surface area contributed by atoms with Gasteiger partial charge in [0.15, 0.2) is 0 Å². The Balaban J connectivity index is 2.02. The summed E-state index contributed by atoms with van der Waals surface area (Å²) in [6.07, 6.45) is 0.605. The predicted molar refractivity (Wildman–Crippen MR) is 97.0 cm³/mol. The second-order valence-corrected chi connectivity index (χ2v) is 6.51. The summed E-state index contributed by atoms with van der Waals surface area (Å²) in [5.41, 5.74) is 2.23. The van der Waals surface area contributed by atoms with Gasteiger partial charge < -0.3 is 4.90 Å². The largest absolute Gasteiger partial charge is 0.366 e. The Kier molecular flexibility index (Phi) is 3.75. The zero-order chi connectivity index (χ0) is 17.6. The van der Waals surface area contributed by atoms with Gasteiger partial charge in [0.25, 0.3) is 0 Å². The number of amidine groups is 1. The summed E-state index contributed by atoms with van der Waals surface area (Å²) in [6, 6.07) is 15.0. The second-order valence-electron chi connectivity index (χ2n) is 6.51. The minimum absolute atomic E-state index is 0.292. The fraction of sp³-hybridized carbons (Fsp3) is 0.190. The highest BCUT2D eigenvalue weighted by atomic mass is 19.1. The van der Waals surface area contributed by atoms with E-state index in [0.29, 0.717) is 17.4 Å². The average molecular weight is 336 g/mol. The van der Waals surface area contributed by atoms with E-state index in [4.69, 9.17) is 4.99 Å². The molecule has 0 aliphatic carbocycles. The molecule has 1 aliphatic rings. The molecule has 0 aromatic heterocycles. The molecule has 3 aromatic carbocycles. The monoisotopic (exact) mass is 336 g/mol. The van der Waals surface area contributed by atoms with Crippen LogP contribution in [0.4, 0.5) is 8.78 Å². The molecule has 3 aromatic rings. The Morgan fingerprint density at radius 2 is 1.56 bits per heavy atom. The molecule has 0 spiro atoms. The number of fused-ring (bicyclic) bond motifs is 3. The van der Waals surface area contributed by atoms with Gasteiger partial charge in [-0.05, 0) is 28.6 Å². The van der Waals surface area contributed by atoms with E-state index in [-0.39, 0.29) is 11.6 Å². The first-order valence-corrected chi connectivity index (χ1v) is 8.24. The number of benzene rings is 3. The third kappa shape index (κ3) is 2.58. The molecule has 0 fully saturated rings. The van der Waals surface area contributed by atoms with E-state index in [1.807, 2.05) is 37.2 Å². The quantitative estimate of drug-likeness (QED) is 0.628. The van der Waals surface area contributed by atoms with Crippen molar-refractivity contribution in [3.63, 3.8) is 0 Å². The van der Waals surface area contributed by atoms with Gasteiger partial charge in [-0.2, -0.15) is 0 Å². The standard InChI is InChI=1S/C21H18F2N2/c1-25(2)20-12-16-13-7-3-4-8-14(13)19(23)11-17(16)21(24-20)15-9-5-6-10-18(15)22/h3-11,21H,12H2,1-2H3. The SMILES string of the molecule is CN(C)C1=NC(c2ccccc2F)c2cc(F)c3ccccc3c2C1. The number of aliphatic imine (C=N–C) groups is 1. The predicted octanol–water partition coefficient (Wildman–Crippen LogP) is 4.72. The Bertz CT molecular complexity index is 992. The molecular weight excluding hydrogens is 318 g/mol. The summed E-state index contributed by atoms with van der Waals surface area (Å²) < 4.78 is 29.1. The molecule has 1 aliphatic heterocycles. The highest BCUT2D eigenvalue weighted by Gasteiger charge is 2.28. The van der Waals surface area contributed by atoms with Crippen molar-refractivity contribution in [3.8, 4) is 0 Å². The molecule has 1 heterocycles. The van der Waals surface area contributed by atoms with Gasteiger partial charge >= 0.3 is 0 Å². The van der Waals surface area contributed by atoms with Crippen molar-refractivity contribution < 1.29 is 8.78 Å². The molecule has 0 amide bonds. The van der Waals surface area contributed by atoms with Crippen LogP contribution in [0.3, 0.4) is 0 Å². The highest BCUT2D eigenvalue weighted by molar-refractivity contribution is 5.95. The van der Waals surface area contributed by atoms with E-state index in [1.165, 1.54) is 12.1 Å². The molecule has 2 nitrogen and oxygen atoms in total. The van der Waals surface area contributed by atoms with Gasteiger partial charge in [-0.15, -0.1) is 0 Å². The molecule has 4 rings (SSSR count). The zero-order valence-electron chi connectivity index (χ0n) is 14.1. The lowest BCUT2D eigenvalue weighted by Crippen LogP contribution is -2.29. The molecule has 0 radical (unpaired) electrons. The van der Waals surface area contributed by atoms with Crippen molar-refractivity contribution in [2.45, 2.75) is 12.5 Å². The number of halogens is 2. The van der Waals surface area contributed by atoms with Crippen LogP contribution < -0.4 is 0 Å². The summed E-state index contributed by atoms with van der Waals surface area (Å²) in [4.78, 5) is 6.68. The van der Waals surface area contributed by atoms with E-state index in [9.17, 15) is 8.78 Å². The fourth-order valence-corrected chi connectivity index (χ4v) is 3.48. The van der Waals surface area contributed by atoms with Crippen LogP contribution in [-0.2, 0) is 6.42 Å². The van der Waals surface area contributed by atoms with E-state index in [2.05, 4.69) is 0 Å². The number of rotatable bonds is 1. The van der Waals surface area contributed by atoms with Gasteiger partial charge in [0.05, 0.1) is 0 Å². The zero-order valence-corrected chi connectivity index (χ0v) is 14.1. The molecule has 126 valence electrons. The van der Waals surface area contributed by atoms with Crippen LogP contribution >= 0.6 is 0 Å². The van der Waals surface area contributed by atoms with Crippen LogP contribution in [0.1, 0.15) is 22.7 Å². The van der Waals surface area contributed by atoms with E-state index < -0.39 is 6.04 Å². The first-order chi connectivity index (χ1) is 12.1. The third-order valence-electron chi connectivity index (χ3n) is 4.76. The summed E-state index contributed by atoms with van der Waals surface area (Å²) in [5, 5.41) is 1.46. The van der Waals surface area contributed by atoms with Gasteiger partial charge in [-0.25, -0.2) is 8.78 Å². The lowest BCUT2D eigenvalue weighted by atomic mass is 9.86. The Morgan fingerprint density at radius 3 is 2.28 bits per heavy atom. The van der Waals surface area contributed by atoms with E-state index in [1.54, 1.807) is 24.3 Å². The van der Waals surface area contributed by atoms with Crippen molar-refractivity contribution in [1.82, 2.24) is 4.90 Å².